The molecule has 1 aromatic carbocycles. The van der Waals surface area contributed by atoms with Crippen LogP contribution in [-0.2, 0) is 0 Å². The standard InChI is InChI=1S/C17H19FN2.C2H5N.2C2H6/c1-4-15-11(2)9-10-20(15)17-13-7-5-6-8-14(13)19-12(3)16(17)18;1-3-2;2*1-2/h5-8H,4,9-10H2,1-3H3;1H2,2H3;2*1-2H3. The third kappa shape index (κ3) is 5.88. The zero-order valence-electron chi connectivity index (χ0n) is 18.4. The smallest absolute Gasteiger partial charge is 0.168 e. The van der Waals surface area contributed by atoms with Crippen LogP contribution in [0.25, 0.3) is 10.9 Å². The second-order valence-electron chi connectivity index (χ2n) is 5.68. The van der Waals surface area contributed by atoms with E-state index in [1.807, 2.05) is 52.0 Å². The van der Waals surface area contributed by atoms with Gasteiger partial charge in [0.2, 0.25) is 0 Å². The highest BCUT2D eigenvalue weighted by Gasteiger charge is 2.25. The Hall–Kier alpha value is -2.23. The van der Waals surface area contributed by atoms with Gasteiger partial charge in [0.25, 0.3) is 0 Å². The normalized spacial score (nSPS) is 12.4. The molecular formula is C23H36FN3. The lowest BCUT2D eigenvalue weighted by molar-refractivity contribution is 0.609. The van der Waals surface area contributed by atoms with Crippen molar-refractivity contribution in [2.24, 2.45) is 4.99 Å². The number of aliphatic imine (C=N–C) groups is 1. The molecule has 0 unspecified atom stereocenters. The second kappa shape index (κ2) is 13.0. The summed E-state index contributed by atoms with van der Waals surface area (Å²) in [6, 6.07) is 7.80. The summed E-state index contributed by atoms with van der Waals surface area (Å²) in [6.07, 6.45) is 1.94. The molecule has 1 aromatic heterocycles. The van der Waals surface area contributed by atoms with E-state index in [0.29, 0.717) is 11.4 Å². The number of nitrogens with zero attached hydrogens (tertiary/aromatic N) is 3. The number of pyridine rings is 1. The van der Waals surface area contributed by atoms with Crippen molar-refractivity contribution in [2.45, 2.75) is 61.3 Å². The van der Waals surface area contributed by atoms with Gasteiger partial charge in [-0.3, -0.25) is 0 Å². The van der Waals surface area contributed by atoms with Crippen molar-refractivity contribution in [3.8, 4) is 0 Å². The average molecular weight is 374 g/mol. The van der Waals surface area contributed by atoms with Crippen LogP contribution >= 0.6 is 0 Å². The highest BCUT2D eigenvalue weighted by molar-refractivity contribution is 5.93. The monoisotopic (exact) mass is 373 g/mol. The first-order valence-electron chi connectivity index (χ1n) is 9.90. The first kappa shape index (κ1) is 24.8. The molecule has 27 heavy (non-hydrogen) atoms. The fraction of sp³-hybridized carbons (Fsp3) is 0.478. The van der Waals surface area contributed by atoms with Crippen LogP contribution < -0.4 is 4.90 Å². The number of hydrogen-bond acceptors (Lipinski definition) is 3. The fourth-order valence-electron chi connectivity index (χ4n) is 3.08. The van der Waals surface area contributed by atoms with Crippen molar-refractivity contribution in [1.82, 2.24) is 4.98 Å². The van der Waals surface area contributed by atoms with Gasteiger partial charge in [0.1, 0.15) is 0 Å². The van der Waals surface area contributed by atoms with Gasteiger partial charge < -0.3 is 9.89 Å². The van der Waals surface area contributed by atoms with Crippen molar-refractivity contribution in [3.05, 3.63) is 47.0 Å². The lowest BCUT2D eigenvalue weighted by atomic mass is 10.1. The Morgan fingerprint density at radius 3 is 2.26 bits per heavy atom. The van der Waals surface area contributed by atoms with Gasteiger partial charge in [0, 0.05) is 24.7 Å². The maximum absolute atomic E-state index is 14.7. The third-order valence-corrected chi connectivity index (χ3v) is 4.11. The summed E-state index contributed by atoms with van der Waals surface area (Å²) in [7, 11) is 1.64. The van der Waals surface area contributed by atoms with Crippen molar-refractivity contribution in [2.75, 3.05) is 18.5 Å². The number of aryl methyl sites for hydroxylation is 1. The van der Waals surface area contributed by atoms with Gasteiger partial charge in [-0.05, 0) is 39.5 Å². The Bertz CT molecular complexity index is 751. The molecule has 3 rings (SSSR count). The Balaban J connectivity index is 0.000000860. The van der Waals surface area contributed by atoms with Gasteiger partial charge in [-0.1, -0.05) is 58.4 Å². The van der Waals surface area contributed by atoms with Crippen molar-refractivity contribution < 1.29 is 4.39 Å². The van der Waals surface area contributed by atoms with Gasteiger partial charge >= 0.3 is 0 Å². The number of aromatic nitrogens is 1. The number of anilines is 1. The molecule has 2 heterocycles. The molecule has 0 radical (unpaired) electrons. The van der Waals surface area contributed by atoms with Crippen LogP contribution in [0.2, 0.25) is 0 Å². The Morgan fingerprint density at radius 2 is 1.70 bits per heavy atom. The van der Waals surface area contributed by atoms with Crippen LogP contribution in [0.1, 0.15) is 60.1 Å². The van der Waals surface area contributed by atoms with E-state index in [-0.39, 0.29) is 5.82 Å². The molecule has 1 aliphatic rings. The zero-order chi connectivity index (χ0) is 21.0. The van der Waals surface area contributed by atoms with Crippen molar-refractivity contribution >= 4 is 23.3 Å². The van der Waals surface area contributed by atoms with E-state index in [4.69, 9.17) is 0 Å². The summed E-state index contributed by atoms with van der Waals surface area (Å²) in [5.74, 6) is -0.190. The van der Waals surface area contributed by atoms with E-state index in [9.17, 15) is 4.39 Å². The quantitative estimate of drug-likeness (QED) is 0.533. The summed E-state index contributed by atoms with van der Waals surface area (Å²) in [5.41, 5.74) is 4.65. The molecule has 0 saturated heterocycles. The molecule has 4 heteroatoms. The number of hydrogen-bond donors (Lipinski definition) is 0. The molecule has 0 atom stereocenters. The predicted molar refractivity (Wildman–Crippen MR) is 120 cm³/mol. The van der Waals surface area contributed by atoms with Gasteiger partial charge in [-0.2, -0.15) is 0 Å². The minimum Gasteiger partial charge on any atom is -0.342 e. The first-order chi connectivity index (χ1) is 13.0. The van der Waals surface area contributed by atoms with Crippen LogP contribution in [-0.4, -0.2) is 25.3 Å². The van der Waals surface area contributed by atoms with E-state index in [1.54, 1.807) is 14.0 Å². The number of fused-ring (bicyclic) bond motifs is 1. The number of allylic oxidation sites excluding steroid dienone is 1. The van der Waals surface area contributed by atoms with Crippen LogP contribution in [0, 0.1) is 12.7 Å². The maximum Gasteiger partial charge on any atom is 0.168 e. The SMILES string of the molecule is C=NC.CC.CC.CCC1=C(C)CCN1c1c(F)c(C)nc2ccccc12. The lowest BCUT2D eigenvalue weighted by Gasteiger charge is -2.25. The lowest BCUT2D eigenvalue weighted by Crippen LogP contribution is -2.20. The van der Waals surface area contributed by atoms with Gasteiger partial charge in [-0.15, -0.1) is 0 Å². The summed E-state index contributed by atoms with van der Waals surface area (Å²) in [6.45, 7) is 18.0. The van der Waals surface area contributed by atoms with E-state index < -0.39 is 0 Å². The first-order valence-corrected chi connectivity index (χ1v) is 9.90. The number of para-hydroxylation sites is 1. The number of rotatable bonds is 2. The molecule has 0 saturated carbocycles. The molecule has 0 fully saturated rings. The van der Waals surface area contributed by atoms with Crippen molar-refractivity contribution in [3.63, 3.8) is 0 Å². The zero-order valence-corrected chi connectivity index (χ0v) is 18.4. The van der Waals surface area contributed by atoms with Crippen LogP contribution in [0.5, 0.6) is 0 Å². The average Bonchev–Trinajstić information content (AvgIpc) is 3.07. The largest absolute Gasteiger partial charge is 0.342 e. The molecule has 150 valence electrons. The molecule has 2 aromatic rings. The predicted octanol–water partition coefficient (Wildman–Crippen LogP) is 6.95. The van der Waals surface area contributed by atoms with E-state index in [1.165, 1.54) is 11.3 Å². The van der Waals surface area contributed by atoms with Gasteiger partial charge in [0.15, 0.2) is 5.82 Å². The van der Waals surface area contributed by atoms with E-state index >= 15 is 0 Å². The highest BCUT2D eigenvalue weighted by Crippen LogP contribution is 2.37. The summed E-state index contributed by atoms with van der Waals surface area (Å²) < 4.78 is 14.7. The summed E-state index contributed by atoms with van der Waals surface area (Å²) in [4.78, 5) is 9.75. The van der Waals surface area contributed by atoms with E-state index in [2.05, 4.69) is 35.4 Å². The molecule has 0 bridgehead atoms. The van der Waals surface area contributed by atoms with Gasteiger partial charge in [-0.25, -0.2) is 9.37 Å². The molecule has 1 aliphatic heterocycles. The Kier molecular flexibility index (Phi) is 11.9. The fourth-order valence-corrected chi connectivity index (χ4v) is 3.08. The number of benzene rings is 1. The Morgan fingerprint density at radius 1 is 1.15 bits per heavy atom. The van der Waals surface area contributed by atoms with Crippen LogP contribution in [0.4, 0.5) is 10.1 Å². The van der Waals surface area contributed by atoms with Gasteiger partial charge in [0.05, 0.1) is 16.9 Å². The highest BCUT2D eigenvalue weighted by atomic mass is 19.1. The van der Waals surface area contributed by atoms with Crippen LogP contribution in [0.15, 0.2) is 40.5 Å². The molecule has 0 amide bonds. The van der Waals surface area contributed by atoms with Crippen molar-refractivity contribution in [1.29, 1.82) is 0 Å². The molecule has 0 spiro atoms. The minimum atomic E-state index is -0.190. The molecular weight excluding hydrogens is 337 g/mol. The van der Waals surface area contributed by atoms with Crippen LogP contribution in [0.3, 0.4) is 0 Å². The summed E-state index contributed by atoms with van der Waals surface area (Å²) >= 11 is 0. The van der Waals surface area contributed by atoms with E-state index in [0.717, 1.165) is 30.3 Å². The molecule has 0 N–H and O–H groups in total. The maximum atomic E-state index is 14.7. The topological polar surface area (TPSA) is 28.5 Å². The Labute approximate surface area is 165 Å². The third-order valence-electron chi connectivity index (χ3n) is 4.11. The number of halogens is 1. The summed E-state index contributed by atoms with van der Waals surface area (Å²) in [5, 5.41) is 0.899. The minimum absolute atomic E-state index is 0.190. The second-order valence-corrected chi connectivity index (χ2v) is 5.68. The molecule has 0 aliphatic carbocycles. The molecule has 3 nitrogen and oxygen atoms in total.